The number of piperidine rings is 1. The largest absolute Gasteiger partial charge is 0.390 e. The van der Waals surface area contributed by atoms with Crippen LogP contribution in [-0.2, 0) is 4.74 Å². The maximum atomic E-state index is 10.7. The van der Waals surface area contributed by atoms with Crippen molar-refractivity contribution < 1.29 is 9.84 Å². The van der Waals surface area contributed by atoms with Gasteiger partial charge in [0, 0.05) is 12.1 Å². The van der Waals surface area contributed by atoms with E-state index in [1.807, 2.05) is 6.08 Å². The molecule has 3 heteroatoms. The average molecular weight is 253 g/mol. The van der Waals surface area contributed by atoms with Crippen LogP contribution in [0.4, 0.5) is 0 Å². The second-order valence-electron chi connectivity index (χ2n) is 6.03. The van der Waals surface area contributed by atoms with Crippen molar-refractivity contribution in [1.29, 1.82) is 0 Å². The Bertz CT molecular complexity index is 266. The van der Waals surface area contributed by atoms with Gasteiger partial charge in [-0.2, -0.15) is 0 Å². The molecule has 2 saturated heterocycles. The standard InChI is InChI=1S/C15H27NO2/c1-3-4-5-6-7-8-15(17)9-13-11-18-12-14(10-15)16(13)2/h3,13-14,17H,1,4-12H2,2H3. The van der Waals surface area contributed by atoms with Gasteiger partial charge in [0.15, 0.2) is 0 Å². The Morgan fingerprint density at radius 1 is 1.28 bits per heavy atom. The van der Waals surface area contributed by atoms with Crippen LogP contribution in [0.1, 0.15) is 44.9 Å². The Hall–Kier alpha value is -0.380. The topological polar surface area (TPSA) is 32.7 Å². The molecule has 2 aliphatic heterocycles. The number of unbranched alkanes of at least 4 members (excludes halogenated alkanes) is 3. The lowest BCUT2D eigenvalue weighted by molar-refractivity contribution is -0.137. The summed E-state index contributed by atoms with van der Waals surface area (Å²) in [5.41, 5.74) is -0.445. The molecule has 18 heavy (non-hydrogen) atoms. The summed E-state index contributed by atoms with van der Waals surface area (Å²) in [6.45, 7) is 5.31. The van der Waals surface area contributed by atoms with Crippen molar-refractivity contribution in [2.75, 3.05) is 20.3 Å². The summed E-state index contributed by atoms with van der Waals surface area (Å²) in [4.78, 5) is 2.40. The molecular formula is C15H27NO2. The molecule has 2 fully saturated rings. The van der Waals surface area contributed by atoms with E-state index in [-0.39, 0.29) is 0 Å². The third kappa shape index (κ3) is 3.34. The zero-order valence-corrected chi connectivity index (χ0v) is 11.6. The maximum absolute atomic E-state index is 10.7. The van der Waals surface area contributed by atoms with Crippen LogP contribution in [0.5, 0.6) is 0 Å². The van der Waals surface area contributed by atoms with Crippen molar-refractivity contribution in [1.82, 2.24) is 4.90 Å². The number of hydrogen-bond acceptors (Lipinski definition) is 3. The SMILES string of the molecule is C=CCCCCCC1(O)CC2COCC(C1)N2C. The number of aliphatic hydroxyl groups is 1. The molecule has 2 heterocycles. The van der Waals surface area contributed by atoms with E-state index in [9.17, 15) is 5.11 Å². The van der Waals surface area contributed by atoms with E-state index < -0.39 is 5.60 Å². The molecule has 0 aromatic carbocycles. The van der Waals surface area contributed by atoms with Crippen LogP contribution in [0, 0.1) is 0 Å². The van der Waals surface area contributed by atoms with E-state index in [1.165, 1.54) is 12.8 Å². The lowest BCUT2D eigenvalue weighted by atomic mass is 9.78. The summed E-state index contributed by atoms with van der Waals surface area (Å²) in [6, 6.07) is 0.825. The summed E-state index contributed by atoms with van der Waals surface area (Å²) in [7, 11) is 2.17. The van der Waals surface area contributed by atoms with Crippen LogP contribution in [0.3, 0.4) is 0 Å². The summed E-state index contributed by atoms with van der Waals surface area (Å²) in [6.07, 6.45) is 9.32. The highest BCUT2D eigenvalue weighted by Gasteiger charge is 2.43. The third-order valence-corrected chi connectivity index (χ3v) is 4.55. The molecule has 2 bridgehead atoms. The number of morpholine rings is 1. The molecule has 0 amide bonds. The first-order valence-corrected chi connectivity index (χ1v) is 7.27. The minimum atomic E-state index is -0.445. The maximum Gasteiger partial charge on any atom is 0.0679 e. The van der Waals surface area contributed by atoms with Gasteiger partial charge in [-0.05, 0) is 39.2 Å². The number of rotatable bonds is 6. The number of hydrogen-bond donors (Lipinski definition) is 1. The Kier molecular flexibility index (Phi) is 4.82. The second-order valence-corrected chi connectivity index (χ2v) is 6.03. The van der Waals surface area contributed by atoms with Crippen LogP contribution >= 0.6 is 0 Å². The highest BCUT2D eigenvalue weighted by Crippen LogP contribution is 2.36. The van der Waals surface area contributed by atoms with Gasteiger partial charge in [-0.3, -0.25) is 4.90 Å². The fraction of sp³-hybridized carbons (Fsp3) is 0.867. The van der Waals surface area contributed by atoms with Crippen LogP contribution in [0.2, 0.25) is 0 Å². The van der Waals surface area contributed by atoms with E-state index in [0.717, 1.165) is 45.3 Å². The van der Waals surface area contributed by atoms with Crippen molar-refractivity contribution in [2.45, 2.75) is 62.6 Å². The first-order valence-electron chi connectivity index (χ1n) is 7.27. The van der Waals surface area contributed by atoms with Gasteiger partial charge in [0.1, 0.15) is 0 Å². The minimum Gasteiger partial charge on any atom is -0.390 e. The Balaban J connectivity index is 1.78. The van der Waals surface area contributed by atoms with E-state index in [2.05, 4.69) is 18.5 Å². The molecular weight excluding hydrogens is 226 g/mol. The Morgan fingerprint density at radius 3 is 2.56 bits per heavy atom. The van der Waals surface area contributed by atoms with Gasteiger partial charge in [-0.25, -0.2) is 0 Å². The Morgan fingerprint density at radius 2 is 1.94 bits per heavy atom. The van der Waals surface area contributed by atoms with E-state index in [1.54, 1.807) is 0 Å². The van der Waals surface area contributed by atoms with Crippen LogP contribution in [-0.4, -0.2) is 48.0 Å². The molecule has 0 radical (unpaired) electrons. The number of allylic oxidation sites excluding steroid dienone is 1. The fourth-order valence-corrected chi connectivity index (χ4v) is 3.36. The number of ether oxygens (including phenoxy) is 1. The zero-order valence-electron chi connectivity index (χ0n) is 11.6. The van der Waals surface area contributed by atoms with Crippen LogP contribution in [0.15, 0.2) is 12.7 Å². The van der Waals surface area contributed by atoms with E-state index in [4.69, 9.17) is 4.74 Å². The lowest BCUT2D eigenvalue weighted by Gasteiger charge is -2.50. The quantitative estimate of drug-likeness (QED) is 0.582. The molecule has 0 aromatic heterocycles. The molecule has 0 aliphatic carbocycles. The van der Waals surface area contributed by atoms with Gasteiger partial charge in [-0.15, -0.1) is 6.58 Å². The molecule has 104 valence electrons. The number of likely N-dealkylation sites (N-methyl/N-ethyl adjacent to an activating group) is 1. The van der Waals surface area contributed by atoms with Crippen molar-refractivity contribution in [3.8, 4) is 0 Å². The van der Waals surface area contributed by atoms with Crippen molar-refractivity contribution in [3.63, 3.8) is 0 Å². The second kappa shape index (κ2) is 6.18. The van der Waals surface area contributed by atoms with Crippen molar-refractivity contribution in [2.24, 2.45) is 0 Å². The van der Waals surface area contributed by atoms with Crippen molar-refractivity contribution >= 4 is 0 Å². The average Bonchev–Trinajstić information content (AvgIpc) is 2.31. The zero-order chi connectivity index (χ0) is 13.0. The van der Waals surface area contributed by atoms with Gasteiger partial charge in [0.25, 0.3) is 0 Å². The molecule has 2 rings (SSSR count). The molecule has 2 aliphatic rings. The molecule has 0 aromatic rings. The molecule has 2 atom stereocenters. The molecule has 3 nitrogen and oxygen atoms in total. The summed E-state index contributed by atoms with van der Waals surface area (Å²) >= 11 is 0. The highest BCUT2D eigenvalue weighted by atomic mass is 16.5. The third-order valence-electron chi connectivity index (χ3n) is 4.55. The highest BCUT2D eigenvalue weighted by molar-refractivity contribution is 4.97. The fourth-order valence-electron chi connectivity index (χ4n) is 3.36. The van der Waals surface area contributed by atoms with Gasteiger partial charge in [0.05, 0.1) is 18.8 Å². The normalized spacial score (nSPS) is 36.6. The summed E-state index contributed by atoms with van der Waals surface area (Å²) < 4.78 is 5.59. The molecule has 0 spiro atoms. The van der Waals surface area contributed by atoms with Gasteiger partial charge in [0.2, 0.25) is 0 Å². The number of fused-ring (bicyclic) bond motifs is 2. The van der Waals surface area contributed by atoms with E-state index in [0.29, 0.717) is 12.1 Å². The van der Waals surface area contributed by atoms with Crippen LogP contribution < -0.4 is 0 Å². The summed E-state index contributed by atoms with van der Waals surface area (Å²) in [5.74, 6) is 0. The predicted octanol–water partition coefficient (Wildman–Crippen LogP) is 2.35. The van der Waals surface area contributed by atoms with Gasteiger partial charge >= 0.3 is 0 Å². The summed E-state index contributed by atoms with van der Waals surface area (Å²) in [5, 5.41) is 10.7. The van der Waals surface area contributed by atoms with Crippen LogP contribution in [0.25, 0.3) is 0 Å². The smallest absolute Gasteiger partial charge is 0.0679 e. The predicted molar refractivity (Wildman–Crippen MR) is 73.6 cm³/mol. The first kappa shape index (κ1) is 14.0. The number of nitrogens with zero attached hydrogens (tertiary/aromatic N) is 1. The monoisotopic (exact) mass is 253 g/mol. The minimum absolute atomic E-state index is 0.413. The lowest BCUT2D eigenvalue weighted by Crippen LogP contribution is -2.60. The molecule has 1 N–H and O–H groups in total. The van der Waals surface area contributed by atoms with Gasteiger partial charge < -0.3 is 9.84 Å². The molecule has 0 saturated carbocycles. The van der Waals surface area contributed by atoms with E-state index >= 15 is 0 Å². The van der Waals surface area contributed by atoms with Crippen molar-refractivity contribution in [3.05, 3.63) is 12.7 Å². The first-order chi connectivity index (χ1) is 8.64. The Labute approximate surface area is 111 Å². The molecule has 2 unspecified atom stereocenters. The van der Waals surface area contributed by atoms with Gasteiger partial charge in [-0.1, -0.05) is 18.9 Å².